The zero-order chi connectivity index (χ0) is 7.49. The largest absolute Gasteiger partial charge is 0.384 e. The van der Waals surface area contributed by atoms with Crippen molar-refractivity contribution in [3.63, 3.8) is 0 Å². The highest BCUT2D eigenvalue weighted by Crippen LogP contribution is 2.13. The van der Waals surface area contributed by atoms with Crippen molar-refractivity contribution < 1.29 is 5.11 Å². The predicted molar refractivity (Wildman–Crippen MR) is 43.2 cm³/mol. The van der Waals surface area contributed by atoms with E-state index in [4.69, 9.17) is 5.41 Å². The minimum absolute atomic E-state index is 0.507. The predicted octanol–water partition coefficient (Wildman–Crippen LogP) is -0.120. The summed E-state index contributed by atoms with van der Waals surface area (Å²) in [6.07, 6.45) is 1.34. The number of nitrogens with one attached hydrogen (secondary N) is 1. The van der Waals surface area contributed by atoms with Crippen LogP contribution < -0.4 is 0 Å². The first-order valence-corrected chi connectivity index (χ1v) is 4.34. The van der Waals surface area contributed by atoms with Gasteiger partial charge in [0.2, 0.25) is 0 Å². The fraction of sp³-hybridized carbons (Fsp3) is 0.833. The fourth-order valence-corrected chi connectivity index (χ4v) is 1.49. The van der Waals surface area contributed by atoms with E-state index in [1.165, 1.54) is 0 Å². The van der Waals surface area contributed by atoms with E-state index in [-0.39, 0.29) is 0 Å². The van der Waals surface area contributed by atoms with Gasteiger partial charge in [0, 0.05) is 5.33 Å². The molecule has 0 rings (SSSR count). The monoisotopic (exact) mass is 145 g/mol. The standard InChI is InChI=1S/C6H15NOSi/c1-3-6(8,4-2)5(7)9/h7-8H,3-4H2,1-2,9H3. The first-order chi connectivity index (χ1) is 4.06. The Morgan fingerprint density at radius 2 is 1.89 bits per heavy atom. The molecular formula is C6H15NOSi. The van der Waals surface area contributed by atoms with Crippen molar-refractivity contribution >= 4 is 15.6 Å². The van der Waals surface area contributed by atoms with Crippen LogP contribution >= 0.6 is 0 Å². The third kappa shape index (κ3) is 1.91. The second kappa shape index (κ2) is 3.13. The van der Waals surface area contributed by atoms with Gasteiger partial charge in [-0.05, 0) is 12.8 Å². The SMILES string of the molecule is CCC(O)(CC)C(=N)[SiH3]. The maximum absolute atomic E-state index is 9.52. The highest BCUT2D eigenvalue weighted by Gasteiger charge is 2.23. The van der Waals surface area contributed by atoms with Crippen molar-refractivity contribution in [3.05, 3.63) is 0 Å². The van der Waals surface area contributed by atoms with E-state index in [0.717, 1.165) is 0 Å². The van der Waals surface area contributed by atoms with Crippen molar-refractivity contribution in [2.75, 3.05) is 0 Å². The summed E-state index contributed by atoms with van der Waals surface area (Å²) < 4.78 is 0. The second-order valence-electron chi connectivity index (χ2n) is 2.36. The molecular weight excluding hydrogens is 130 g/mol. The molecule has 0 aromatic carbocycles. The Labute approximate surface area is 59.2 Å². The van der Waals surface area contributed by atoms with E-state index in [2.05, 4.69) is 0 Å². The van der Waals surface area contributed by atoms with Gasteiger partial charge in [0.15, 0.2) is 0 Å². The molecule has 0 aliphatic heterocycles. The van der Waals surface area contributed by atoms with Gasteiger partial charge in [0.1, 0.15) is 0 Å². The summed E-state index contributed by atoms with van der Waals surface area (Å²) in [7, 11) is 0.679. The number of aliphatic hydroxyl groups is 1. The van der Waals surface area contributed by atoms with Crippen LogP contribution in [0.2, 0.25) is 0 Å². The van der Waals surface area contributed by atoms with E-state index in [9.17, 15) is 5.11 Å². The quantitative estimate of drug-likeness (QED) is 0.422. The van der Waals surface area contributed by atoms with Crippen molar-refractivity contribution in [1.29, 1.82) is 5.41 Å². The molecule has 2 N–H and O–H groups in total. The molecule has 0 aliphatic carbocycles. The van der Waals surface area contributed by atoms with Crippen molar-refractivity contribution in [2.45, 2.75) is 32.3 Å². The lowest BCUT2D eigenvalue weighted by Gasteiger charge is -2.23. The van der Waals surface area contributed by atoms with Gasteiger partial charge < -0.3 is 10.5 Å². The molecule has 0 amide bonds. The third-order valence-corrected chi connectivity index (χ3v) is 2.80. The minimum Gasteiger partial charge on any atom is -0.384 e. The molecule has 3 heteroatoms. The maximum Gasteiger partial charge on any atom is 0.0964 e. The smallest absolute Gasteiger partial charge is 0.0964 e. The highest BCUT2D eigenvalue weighted by molar-refractivity contribution is 6.60. The number of rotatable bonds is 3. The summed E-state index contributed by atoms with van der Waals surface area (Å²) in [5.74, 6) is 0. The Balaban J connectivity index is 4.09. The van der Waals surface area contributed by atoms with Crippen molar-refractivity contribution in [1.82, 2.24) is 0 Å². The molecule has 0 fully saturated rings. The highest BCUT2D eigenvalue weighted by atomic mass is 28.1. The van der Waals surface area contributed by atoms with Gasteiger partial charge in [-0.2, -0.15) is 0 Å². The third-order valence-electron chi connectivity index (χ3n) is 1.87. The topological polar surface area (TPSA) is 44.1 Å². The lowest BCUT2D eigenvalue weighted by molar-refractivity contribution is 0.106. The van der Waals surface area contributed by atoms with Gasteiger partial charge in [0.25, 0.3) is 0 Å². The van der Waals surface area contributed by atoms with E-state index < -0.39 is 5.60 Å². The Bertz CT molecular complexity index is 110. The molecule has 0 bridgehead atoms. The molecule has 0 aromatic rings. The maximum atomic E-state index is 9.52. The van der Waals surface area contributed by atoms with E-state index >= 15 is 0 Å². The molecule has 0 saturated heterocycles. The van der Waals surface area contributed by atoms with Gasteiger partial charge in [-0.15, -0.1) is 0 Å². The lowest BCUT2D eigenvalue weighted by Crippen LogP contribution is -2.36. The molecule has 0 spiro atoms. The Kier molecular flexibility index (Phi) is 3.07. The zero-order valence-electron chi connectivity index (χ0n) is 6.36. The van der Waals surface area contributed by atoms with Crippen LogP contribution in [0.3, 0.4) is 0 Å². The molecule has 0 heterocycles. The summed E-state index contributed by atoms with van der Waals surface area (Å²) in [4.78, 5) is 0. The molecule has 0 saturated carbocycles. The second-order valence-corrected chi connectivity index (χ2v) is 3.36. The molecule has 54 valence electrons. The van der Waals surface area contributed by atoms with E-state index in [1.807, 2.05) is 13.8 Å². The summed E-state index contributed by atoms with van der Waals surface area (Å²) in [5.41, 5.74) is -0.772. The molecule has 0 unspecified atom stereocenters. The summed E-state index contributed by atoms with van der Waals surface area (Å²) in [6.45, 7) is 3.83. The molecule has 2 nitrogen and oxygen atoms in total. The Hall–Kier alpha value is -0.153. The van der Waals surface area contributed by atoms with Crippen molar-refractivity contribution in [2.24, 2.45) is 0 Å². The van der Waals surface area contributed by atoms with Gasteiger partial charge in [-0.25, -0.2) is 0 Å². The summed E-state index contributed by atoms with van der Waals surface area (Å²) in [6, 6.07) is 0. The Morgan fingerprint density at radius 3 is 1.89 bits per heavy atom. The van der Waals surface area contributed by atoms with E-state index in [0.29, 0.717) is 28.4 Å². The minimum atomic E-state index is -0.772. The van der Waals surface area contributed by atoms with Crippen LogP contribution in [0.25, 0.3) is 0 Å². The van der Waals surface area contributed by atoms with Crippen LogP contribution in [0.4, 0.5) is 0 Å². The van der Waals surface area contributed by atoms with Crippen LogP contribution in [-0.2, 0) is 0 Å². The molecule has 0 aromatic heterocycles. The van der Waals surface area contributed by atoms with Crippen molar-refractivity contribution in [3.8, 4) is 0 Å². The van der Waals surface area contributed by atoms with Crippen LogP contribution in [0.5, 0.6) is 0 Å². The number of hydrogen-bond acceptors (Lipinski definition) is 2. The van der Waals surface area contributed by atoms with E-state index in [1.54, 1.807) is 0 Å². The zero-order valence-corrected chi connectivity index (χ0v) is 8.36. The molecule has 0 aliphatic rings. The van der Waals surface area contributed by atoms with Crippen LogP contribution in [0, 0.1) is 5.41 Å². The van der Waals surface area contributed by atoms with Crippen LogP contribution in [0.1, 0.15) is 26.7 Å². The molecule has 0 atom stereocenters. The van der Waals surface area contributed by atoms with Crippen LogP contribution in [0.15, 0.2) is 0 Å². The summed E-state index contributed by atoms with van der Waals surface area (Å²) in [5, 5.41) is 17.3. The number of hydrogen-bond donors (Lipinski definition) is 2. The lowest BCUT2D eigenvalue weighted by atomic mass is 9.99. The normalized spacial score (nSPS) is 11.9. The first kappa shape index (κ1) is 8.85. The van der Waals surface area contributed by atoms with Gasteiger partial charge in [-0.1, -0.05) is 13.8 Å². The molecule has 0 radical (unpaired) electrons. The first-order valence-electron chi connectivity index (χ1n) is 3.34. The van der Waals surface area contributed by atoms with Gasteiger partial charge >= 0.3 is 0 Å². The average Bonchev–Trinajstić information content (AvgIpc) is 1.86. The van der Waals surface area contributed by atoms with Gasteiger partial charge in [-0.3, -0.25) is 0 Å². The van der Waals surface area contributed by atoms with Gasteiger partial charge in [0.05, 0.1) is 15.8 Å². The van der Waals surface area contributed by atoms with Crippen LogP contribution in [-0.4, -0.2) is 26.3 Å². The summed E-state index contributed by atoms with van der Waals surface area (Å²) >= 11 is 0. The average molecular weight is 145 g/mol. The molecule has 9 heavy (non-hydrogen) atoms. The fourth-order valence-electron chi connectivity index (χ4n) is 0.780. The Morgan fingerprint density at radius 1 is 1.56 bits per heavy atom.